The van der Waals surface area contributed by atoms with Crippen LogP contribution in [0.25, 0.3) is 0 Å². The van der Waals surface area contributed by atoms with Crippen molar-refractivity contribution in [1.29, 1.82) is 0 Å². The van der Waals surface area contributed by atoms with Crippen molar-refractivity contribution in [2.75, 3.05) is 13.2 Å². The maximum atomic E-state index is 12.2. The number of aliphatic hydroxyl groups excluding tert-OH is 1. The summed E-state index contributed by atoms with van der Waals surface area (Å²) in [6.07, 6.45) is 4.11. The second-order valence-electron chi connectivity index (χ2n) is 5.16. The van der Waals surface area contributed by atoms with Crippen LogP contribution in [0.15, 0.2) is 24.3 Å². The lowest BCUT2D eigenvalue weighted by atomic mass is 10.1. The summed E-state index contributed by atoms with van der Waals surface area (Å²) in [5, 5.41) is 8.92. The Bertz CT molecular complexity index is 415. The maximum absolute atomic E-state index is 12.2. The lowest BCUT2D eigenvalue weighted by Crippen LogP contribution is -2.29. The third-order valence-corrected chi connectivity index (χ3v) is 3.70. The van der Waals surface area contributed by atoms with E-state index in [9.17, 15) is 8.78 Å². The molecule has 1 atom stereocenters. The van der Waals surface area contributed by atoms with E-state index in [0.29, 0.717) is 6.04 Å². The van der Waals surface area contributed by atoms with E-state index in [0.717, 1.165) is 44.3 Å². The van der Waals surface area contributed by atoms with Gasteiger partial charge < -0.3 is 9.84 Å². The van der Waals surface area contributed by atoms with E-state index in [1.54, 1.807) is 18.2 Å². The molecular formula is C15H21F2NO2. The fourth-order valence-corrected chi connectivity index (χ4v) is 2.81. The number of aliphatic hydroxyl groups is 1. The van der Waals surface area contributed by atoms with Crippen LogP contribution in [0, 0.1) is 0 Å². The monoisotopic (exact) mass is 285 g/mol. The average Bonchev–Trinajstić information content (AvgIpc) is 2.83. The average molecular weight is 285 g/mol. The van der Waals surface area contributed by atoms with Crippen LogP contribution >= 0.6 is 0 Å². The molecule has 1 aromatic carbocycles. The second-order valence-corrected chi connectivity index (χ2v) is 5.16. The lowest BCUT2D eigenvalue weighted by Gasteiger charge is -2.24. The fraction of sp³-hybridized carbons (Fsp3) is 0.600. The molecule has 1 aromatic rings. The molecule has 3 nitrogen and oxygen atoms in total. The van der Waals surface area contributed by atoms with Gasteiger partial charge in [0.15, 0.2) is 0 Å². The molecule has 1 aliphatic rings. The predicted molar refractivity (Wildman–Crippen MR) is 72.8 cm³/mol. The van der Waals surface area contributed by atoms with Gasteiger partial charge in [0.05, 0.1) is 0 Å². The summed E-state index contributed by atoms with van der Waals surface area (Å²) in [5.74, 6) is 0.212. The normalized spacial score (nSPS) is 19.7. The van der Waals surface area contributed by atoms with Gasteiger partial charge in [-0.1, -0.05) is 12.1 Å². The van der Waals surface area contributed by atoms with Crippen LogP contribution in [0.2, 0.25) is 0 Å². The zero-order valence-corrected chi connectivity index (χ0v) is 11.5. The van der Waals surface area contributed by atoms with Gasteiger partial charge in [0.25, 0.3) is 0 Å². The second kappa shape index (κ2) is 7.55. The Morgan fingerprint density at radius 2 is 2.25 bits per heavy atom. The minimum absolute atomic E-state index is 0.212. The standard InChI is InChI=1S/C15H21F2NO2/c16-15(17)20-14-7-1-4-12(10-14)11-18-8-2-5-13(18)6-3-9-19/h1,4,7,10,13,15,19H,2-3,5-6,8-9,11H2. The van der Waals surface area contributed by atoms with Crippen molar-refractivity contribution < 1.29 is 18.6 Å². The highest BCUT2D eigenvalue weighted by molar-refractivity contribution is 5.28. The number of likely N-dealkylation sites (tertiary alicyclic amines) is 1. The topological polar surface area (TPSA) is 32.7 Å². The third kappa shape index (κ3) is 4.42. The van der Waals surface area contributed by atoms with Crippen LogP contribution in [-0.2, 0) is 6.54 Å². The zero-order valence-electron chi connectivity index (χ0n) is 11.5. The Kier molecular flexibility index (Phi) is 5.73. The van der Waals surface area contributed by atoms with Gasteiger partial charge in [0, 0.05) is 19.2 Å². The SMILES string of the molecule is OCCCC1CCCN1Cc1cccc(OC(F)F)c1. The molecule has 1 saturated heterocycles. The highest BCUT2D eigenvalue weighted by Crippen LogP contribution is 2.25. The summed E-state index contributed by atoms with van der Waals surface area (Å²) in [4.78, 5) is 2.36. The molecule has 1 aliphatic heterocycles. The van der Waals surface area contributed by atoms with Gasteiger partial charge in [-0.2, -0.15) is 8.78 Å². The smallest absolute Gasteiger partial charge is 0.387 e. The molecule has 0 saturated carbocycles. The van der Waals surface area contributed by atoms with E-state index in [2.05, 4.69) is 9.64 Å². The molecule has 2 rings (SSSR count). The lowest BCUT2D eigenvalue weighted by molar-refractivity contribution is -0.0499. The van der Waals surface area contributed by atoms with Gasteiger partial charge in [0.1, 0.15) is 5.75 Å². The molecule has 1 fully saturated rings. The van der Waals surface area contributed by atoms with Crippen molar-refractivity contribution in [2.45, 2.75) is 44.9 Å². The van der Waals surface area contributed by atoms with E-state index >= 15 is 0 Å². The first-order valence-corrected chi connectivity index (χ1v) is 7.07. The number of ether oxygens (including phenoxy) is 1. The van der Waals surface area contributed by atoms with Crippen LogP contribution in [0.5, 0.6) is 5.75 Å². The molecule has 0 aromatic heterocycles. The predicted octanol–water partition coefficient (Wildman–Crippen LogP) is 3.02. The van der Waals surface area contributed by atoms with E-state index in [4.69, 9.17) is 5.11 Å². The van der Waals surface area contributed by atoms with Gasteiger partial charge in [-0.15, -0.1) is 0 Å². The summed E-state index contributed by atoms with van der Waals surface area (Å²) in [5.41, 5.74) is 0.985. The summed E-state index contributed by atoms with van der Waals surface area (Å²) >= 11 is 0. The van der Waals surface area contributed by atoms with Crippen molar-refractivity contribution >= 4 is 0 Å². The summed E-state index contributed by atoms with van der Waals surface area (Å²) in [7, 11) is 0. The van der Waals surface area contributed by atoms with Crippen molar-refractivity contribution in [3.63, 3.8) is 0 Å². The Morgan fingerprint density at radius 1 is 1.40 bits per heavy atom. The fourth-order valence-electron chi connectivity index (χ4n) is 2.81. The summed E-state index contributed by atoms with van der Waals surface area (Å²) < 4.78 is 28.8. The van der Waals surface area contributed by atoms with Crippen LogP contribution in [0.1, 0.15) is 31.2 Å². The Labute approximate surface area is 118 Å². The molecule has 1 unspecified atom stereocenters. The van der Waals surface area contributed by atoms with Gasteiger partial charge in [-0.25, -0.2) is 0 Å². The van der Waals surface area contributed by atoms with Crippen LogP contribution < -0.4 is 4.74 Å². The molecular weight excluding hydrogens is 264 g/mol. The number of hydrogen-bond acceptors (Lipinski definition) is 3. The molecule has 0 spiro atoms. The van der Waals surface area contributed by atoms with E-state index < -0.39 is 6.61 Å². The quantitative estimate of drug-likeness (QED) is 0.836. The molecule has 1 heterocycles. The minimum Gasteiger partial charge on any atom is -0.435 e. The van der Waals surface area contributed by atoms with Gasteiger partial charge in [0.2, 0.25) is 0 Å². The molecule has 5 heteroatoms. The summed E-state index contributed by atoms with van der Waals surface area (Å²) in [6, 6.07) is 7.38. The number of hydrogen-bond donors (Lipinski definition) is 1. The molecule has 20 heavy (non-hydrogen) atoms. The Morgan fingerprint density at radius 3 is 3.00 bits per heavy atom. The van der Waals surface area contributed by atoms with Crippen LogP contribution in [0.3, 0.4) is 0 Å². The number of nitrogens with zero attached hydrogens (tertiary/aromatic N) is 1. The zero-order chi connectivity index (χ0) is 14.4. The van der Waals surface area contributed by atoms with Crippen LogP contribution in [-0.4, -0.2) is 35.8 Å². The third-order valence-electron chi connectivity index (χ3n) is 3.70. The maximum Gasteiger partial charge on any atom is 0.387 e. The Balaban J connectivity index is 1.94. The summed E-state index contributed by atoms with van der Waals surface area (Å²) in [6.45, 7) is -0.788. The first kappa shape index (κ1) is 15.2. The van der Waals surface area contributed by atoms with Crippen molar-refractivity contribution in [1.82, 2.24) is 4.90 Å². The molecule has 0 amide bonds. The van der Waals surface area contributed by atoms with Crippen molar-refractivity contribution in [3.8, 4) is 5.75 Å². The molecule has 112 valence electrons. The Hall–Kier alpha value is -1.20. The first-order valence-electron chi connectivity index (χ1n) is 7.07. The van der Waals surface area contributed by atoms with Gasteiger partial charge >= 0.3 is 6.61 Å². The molecule has 1 N–H and O–H groups in total. The molecule has 0 aliphatic carbocycles. The van der Waals surface area contributed by atoms with E-state index in [1.807, 2.05) is 6.07 Å². The van der Waals surface area contributed by atoms with Crippen molar-refractivity contribution in [2.24, 2.45) is 0 Å². The van der Waals surface area contributed by atoms with Crippen molar-refractivity contribution in [3.05, 3.63) is 29.8 Å². The number of benzene rings is 1. The highest BCUT2D eigenvalue weighted by atomic mass is 19.3. The van der Waals surface area contributed by atoms with Gasteiger partial charge in [-0.3, -0.25) is 4.90 Å². The minimum atomic E-state index is -2.78. The largest absolute Gasteiger partial charge is 0.435 e. The number of halogens is 2. The first-order chi connectivity index (χ1) is 9.69. The van der Waals surface area contributed by atoms with Gasteiger partial charge in [-0.05, 0) is 49.9 Å². The number of alkyl halides is 2. The van der Waals surface area contributed by atoms with E-state index in [-0.39, 0.29) is 12.4 Å². The number of rotatable bonds is 7. The highest BCUT2D eigenvalue weighted by Gasteiger charge is 2.23. The molecule has 0 radical (unpaired) electrons. The van der Waals surface area contributed by atoms with E-state index in [1.165, 1.54) is 0 Å². The van der Waals surface area contributed by atoms with Crippen LogP contribution in [0.4, 0.5) is 8.78 Å². The molecule has 0 bridgehead atoms.